The summed E-state index contributed by atoms with van der Waals surface area (Å²) in [5, 5.41) is 12.3. The van der Waals surface area contributed by atoms with E-state index in [-0.39, 0.29) is 42.8 Å². The van der Waals surface area contributed by atoms with Crippen LogP contribution in [0.3, 0.4) is 0 Å². The SMILES string of the molecule is CCO[C@H]1OC(C(=O)NCCCN2CCCC2=O)=C[C@@H](c2ccc3c(c2)OCO3)[C@@H]1CCCO. The normalized spacial score (nSPS) is 23.6. The third kappa shape index (κ3) is 5.64. The number of hydrogen-bond donors (Lipinski definition) is 2. The number of likely N-dealkylation sites (tertiary alicyclic amines) is 1. The lowest BCUT2D eigenvalue weighted by Crippen LogP contribution is -2.39. The van der Waals surface area contributed by atoms with Gasteiger partial charge in [-0.05, 0) is 56.4 Å². The Labute approximate surface area is 200 Å². The number of aliphatic hydroxyl groups excluding tert-OH is 1. The summed E-state index contributed by atoms with van der Waals surface area (Å²) in [6, 6.07) is 5.78. The fraction of sp³-hybridized carbons (Fsp3) is 0.600. The topological polar surface area (TPSA) is 107 Å². The van der Waals surface area contributed by atoms with Gasteiger partial charge in [0.05, 0.1) is 0 Å². The summed E-state index contributed by atoms with van der Waals surface area (Å²) in [6.45, 7) is 4.47. The zero-order valence-electron chi connectivity index (χ0n) is 19.7. The van der Waals surface area contributed by atoms with Gasteiger partial charge in [-0.25, -0.2) is 0 Å². The number of aliphatic hydroxyl groups is 1. The van der Waals surface area contributed by atoms with Crippen molar-refractivity contribution < 1.29 is 33.6 Å². The second kappa shape index (κ2) is 11.6. The van der Waals surface area contributed by atoms with Crippen molar-refractivity contribution in [1.29, 1.82) is 0 Å². The van der Waals surface area contributed by atoms with Gasteiger partial charge in [-0.2, -0.15) is 0 Å². The van der Waals surface area contributed by atoms with Crippen LogP contribution in [-0.4, -0.2) is 67.8 Å². The molecule has 0 aromatic heterocycles. The van der Waals surface area contributed by atoms with Crippen LogP contribution < -0.4 is 14.8 Å². The molecule has 3 aliphatic rings. The van der Waals surface area contributed by atoms with Crippen molar-refractivity contribution in [2.45, 2.75) is 51.2 Å². The first-order valence-corrected chi connectivity index (χ1v) is 12.2. The van der Waals surface area contributed by atoms with Gasteiger partial charge in [-0.1, -0.05) is 6.07 Å². The van der Waals surface area contributed by atoms with Gasteiger partial charge in [0.2, 0.25) is 19.0 Å². The Balaban J connectivity index is 1.48. The summed E-state index contributed by atoms with van der Waals surface area (Å²) < 4.78 is 22.9. The molecule has 9 heteroatoms. The molecular formula is C25H34N2O7. The van der Waals surface area contributed by atoms with Crippen LogP contribution in [0, 0.1) is 5.92 Å². The number of rotatable bonds is 11. The van der Waals surface area contributed by atoms with Gasteiger partial charge in [0.15, 0.2) is 17.3 Å². The average molecular weight is 475 g/mol. The minimum atomic E-state index is -0.611. The molecule has 2 amide bonds. The van der Waals surface area contributed by atoms with Crippen LogP contribution in [0.25, 0.3) is 0 Å². The highest BCUT2D eigenvalue weighted by atomic mass is 16.7. The van der Waals surface area contributed by atoms with E-state index in [2.05, 4.69) is 5.32 Å². The molecule has 0 radical (unpaired) electrons. The van der Waals surface area contributed by atoms with E-state index in [1.807, 2.05) is 36.1 Å². The Morgan fingerprint density at radius 2 is 2.12 bits per heavy atom. The Bertz CT molecular complexity index is 903. The number of ether oxygens (including phenoxy) is 4. The number of hydrogen-bond acceptors (Lipinski definition) is 7. The van der Waals surface area contributed by atoms with E-state index < -0.39 is 6.29 Å². The Morgan fingerprint density at radius 3 is 2.88 bits per heavy atom. The molecular weight excluding hydrogens is 440 g/mol. The van der Waals surface area contributed by atoms with E-state index in [9.17, 15) is 14.7 Å². The maximum Gasteiger partial charge on any atom is 0.286 e. The maximum atomic E-state index is 13.0. The van der Waals surface area contributed by atoms with E-state index in [4.69, 9.17) is 18.9 Å². The first kappa shape index (κ1) is 24.3. The largest absolute Gasteiger partial charge is 0.459 e. The molecule has 1 saturated heterocycles. The van der Waals surface area contributed by atoms with Crippen LogP contribution in [0.4, 0.5) is 0 Å². The predicted molar refractivity (Wildman–Crippen MR) is 123 cm³/mol. The summed E-state index contributed by atoms with van der Waals surface area (Å²) in [7, 11) is 0. The van der Waals surface area contributed by atoms with Crippen LogP contribution >= 0.6 is 0 Å². The quantitative estimate of drug-likeness (QED) is 0.474. The molecule has 0 aliphatic carbocycles. The fourth-order valence-electron chi connectivity index (χ4n) is 4.76. The maximum absolute atomic E-state index is 13.0. The number of carbonyl (C=O) groups excluding carboxylic acids is 2. The first-order chi connectivity index (χ1) is 16.6. The minimum Gasteiger partial charge on any atom is -0.459 e. The van der Waals surface area contributed by atoms with Crippen LogP contribution in [-0.2, 0) is 19.1 Å². The molecule has 1 aromatic rings. The zero-order valence-corrected chi connectivity index (χ0v) is 19.7. The molecule has 3 aliphatic heterocycles. The monoisotopic (exact) mass is 474 g/mol. The lowest BCUT2D eigenvalue weighted by molar-refractivity contribution is -0.166. The molecule has 2 N–H and O–H groups in total. The van der Waals surface area contributed by atoms with Gasteiger partial charge in [0.1, 0.15) is 0 Å². The van der Waals surface area contributed by atoms with E-state index in [1.54, 1.807) is 0 Å². The van der Waals surface area contributed by atoms with Crippen molar-refractivity contribution >= 4 is 11.8 Å². The third-order valence-corrected chi connectivity index (χ3v) is 6.48. The minimum absolute atomic E-state index is 0.0692. The van der Waals surface area contributed by atoms with Gasteiger partial charge >= 0.3 is 0 Å². The van der Waals surface area contributed by atoms with Crippen LogP contribution in [0.1, 0.15) is 50.5 Å². The smallest absolute Gasteiger partial charge is 0.286 e. The molecule has 1 aromatic carbocycles. The van der Waals surface area contributed by atoms with E-state index >= 15 is 0 Å². The van der Waals surface area contributed by atoms with Gasteiger partial charge < -0.3 is 34.3 Å². The highest BCUT2D eigenvalue weighted by Gasteiger charge is 2.38. The number of allylic oxidation sites excluding steroid dienone is 1. The summed E-state index contributed by atoms with van der Waals surface area (Å²) >= 11 is 0. The van der Waals surface area contributed by atoms with Crippen LogP contribution in [0.15, 0.2) is 30.0 Å². The molecule has 34 heavy (non-hydrogen) atoms. The average Bonchev–Trinajstić information content (AvgIpc) is 3.48. The lowest BCUT2D eigenvalue weighted by atomic mass is 9.80. The lowest BCUT2D eigenvalue weighted by Gasteiger charge is -2.37. The standard InChI is InChI=1S/C25H34N2O7/c1-2-31-25-18(6-4-13-28)19(17-8-9-20-21(14-17)33-16-32-20)15-22(34-25)24(30)26-10-5-12-27-11-3-7-23(27)29/h8-9,14-15,18-19,25,28H,2-7,10-13,16H2,1H3,(H,26,30)/t18-,19-,25-/m0/s1. The highest BCUT2D eigenvalue weighted by molar-refractivity contribution is 5.91. The van der Waals surface area contributed by atoms with Crippen molar-refractivity contribution in [3.8, 4) is 11.5 Å². The van der Waals surface area contributed by atoms with Crippen molar-refractivity contribution in [2.75, 3.05) is 39.6 Å². The van der Waals surface area contributed by atoms with E-state index in [0.717, 1.165) is 18.5 Å². The summed E-state index contributed by atoms with van der Waals surface area (Å²) in [5.74, 6) is 1.24. The number of nitrogens with one attached hydrogen (secondary N) is 1. The number of benzene rings is 1. The summed E-state index contributed by atoms with van der Waals surface area (Å²) in [5.41, 5.74) is 0.970. The van der Waals surface area contributed by atoms with Crippen LogP contribution in [0.2, 0.25) is 0 Å². The Hall–Kier alpha value is -2.78. The fourth-order valence-corrected chi connectivity index (χ4v) is 4.76. The Kier molecular flexibility index (Phi) is 8.29. The molecule has 4 rings (SSSR count). The van der Waals surface area contributed by atoms with E-state index in [1.165, 1.54) is 0 Å². The molecule has 9 nitrogen and oxygen atoms in total. The molecule has 3 heterocycles. The predicted octanol–water partition coefficient (Wildman–Crippen LogP) is 2.29. The van der Waals surface area contributed by atoms with Gasteiger partial charge in [0.25, 0.3) is 5.91 Å². The molecule has 0 unspecified atom stereocenters. The Morgan fingerprint density at radius 1 is 1.26 bits per heavy atom. The molecule has 0 saturated carbocycles. The van der Waals surface area contributed by atoms with Crippen LogP contribution in [0.5, 0.6) is 11.5 Å². The number of amides is 2. The second-order valence-electron chi connectivity index (χ2n) is 8.73. The molecule has 0 spiro atoms. The van der Waals surface area contributed by atoms with Gasteiger partial charge in [0, 0.05) is 51.1 Å². The number of nitrogens with zero attached hydrogens (tertiary/aromatic N) is 1. The van der Waals surface area contributed by atoms with Crippen molar-refractivity contribution in [3.05, 3.63) is 35.6 Å². The number of carbonyl (C=O) groups is 2. The zero-order chi connectivity index (χ0) is 23.9. The highest BCUT2D eigenvalue weighted by Crippen LogP contribution is 2.42. The first-order valence-electron chi connectivity index (χ1n) is 12.2. The van der Waals surface area contributed by atoms with Crippen molar-refractivity contribution in [1.82, 2.24) is 10.2 Å². The van der Waals surface area contributed by atoms with Crippen molar-refractivity contribution in [3.63, 3.8) is 0 Å². The second-order valence-corrected chi connectivity index (χ2v) is 8.73. The van der Waals surface area contributed by atoms with Crippen molar-refractivity contribution in [2.24, 2.45) is 5.92 Å². The molecule has 186 valence electrons. The number of fused-ring (bicyclic) bond motifs is 1. The third-order valence-electron chi connectivity index (χ3n) is 6.48. The molecule has 3 atom stereocenters. The molecule has 1 fully saturated rings. The molecule has 0 bridgehead atoms. The van der Waals surface area contributed by atoms with Gasteiger partial charge in [-0.3, -0.25) is 9.59 Å². The summed E-state index contributed by atoms with van der Waals surface area (Å²) in [6.07, 6.45) is 4.71. The summed E-state index contributed by atoms with van der Waals surface area (Å²) in [4.78, 5) is 26.6. The van der Waals surface area contributed by atoms with E-state index in [0.29, 0.717) is 56.9 Å². The van der Waals surface area contributed by atoms with Gasteiger partial charge in [-0.15, -0.1) is 0 Å².